The van der Waals surface area contributed by atoms with Crippen molar-refractivity contribution in [1.29, 1.82) is 0 Å². The number of carbonyl (C=O) groups excluding carboxylic acids is 3. The molecule has 0 fully saturated rings. The van der Waals surface area contributed by atoms with Gasteiger partial charge in [-0.3, -0.25) is 19.3 Å². The topological polar surface area (TPSA) is 57.7 Å². The van der Waals surface area contributed by atoms with E-state index < -0.39 is 0 Å². The third-order valence-corrected chi connectivity index (χ3v) is 5.36. The number of hydrogen-bond acceptors (Lipinski definition) is 3. The van der Waals surface area contributed by atoms with E-state index in [1.807, 2.05) is 12.1 Å². The number of amides is 3. The highest BCUT2D eigenvalue weighted by molar-refractivity contribution is 6.25. The fraction of sp³-hybridized carbons (Fsp3) is 0.208. The minimum absolute atomic E-state index is 0.126. The third kappa shape index (κ3) is 3.68. The standard InChI is InChI=1S/C24H21FN2O3/c1-26(15-16-6-2-9-18(25)14-16)21(28)12-5-13-27-23(29)19-10-3-7-17-8-4-11-20(22(17)19)24(27)30/h2-4,6-11,14H,5,12-13,15H2,1H3. The van der Waals surface area contributed by atoms with Crippen LogP contribution in [0.15, 0.2) is 60.7 Å². The van der Waals surface area contributed by atoms with Gasteiger partial charge in [0.25, 0.3) is 11.8 Å². The number of rotatable bonds is 6. The fourth-order valence-electron chi connectivity index (χ4n) is 3.86. The lowest BCUT2D eigenvalue weighted by Crippen LogP contribution is -2.41. The molecule has 0 atom stereocenters. The van der Waals surface area contributed by atoms with E-state index in [1.165, 1.54) is 21.9 Å². The molecule has 0 aromatic heterocycles. The van der Waals surface area contributed by atoms with Crippen LogP contribution < -0.4 is 0 Å². The summed E-state index contributed by atoms with van der Waals surface area (Å²) in [6.45, 7) is 0.468. The number of nitrogens with zero attached hydrogens (tertiary/aromatic N) is 2. The van der Waals surface area contributed by atoms with Gasteiger partial charge in [0.2, 0.25) is 5.91 Å². The Labute approximate surface area is 173 Å². The highest BCUT2D eigenvalue weighted by atomic mass is 19.1. The first-order chi connectivity index (χ1) is 14.5. The Morgan fingerprint density at radius 3 is 2.23 bits per heavy atom. The minimum atomic E-state index is -0.342. The quantitative estimate of drug-likeness (QED) is 0.583. The molecule has 30 heavy (non-hydrogen) atoms. The Bertz CT molecular complexity index is 1110. The number of benzene rings is 3. The molecular formula is C24H21FN2O3. The maximum atomic E-state index is 13.3. The van der Waals surface area contributed by atoms with E-state index in [2.05, 4.69) is 0 Å². The van der Waals surface area contributed by atoms with Gasteiger partial charge in [-0.25, -0.2) is 4.39 Å². The molecule has 0 saturated heterocycles. The maximum absolute atomic E-state index is 13.3. The predicted molar refractivity (Wildman–Crippen MR) is 111 cm³/mol. The molecule has 0 aliphatic carbocycles. The lowest BCUT2D eigenvalue weighted by atomic mass is 9.94. The van der Waals surface area contributed by atoms with E-state index in [1.54, 1.807) is 43.4 Å². The maximum Gasteiger partial charge on any atom is 0.261 e. The van der Waals surface area contributed by atoms with Gasteiger partial charge in [-0.05, 0) is 41.6 Å². The van der Waals surface area contributed by atoms with Crippen LogP contribution in [0.2, 0.25) is 0 Å². The average molecular weight is 404 g/mol. The number of halogens is 1. The molecule has 1 heterocycles. The first-order valence-electron chi connectivity index (χ1n) is 9.82. The molecule has 0 saturated carbocycles. The van der Waals surface area contributed by atoms with Crippen molar-refractivity contribution in [2.45, 2.75) is 19.4 Å². The van der Waals surface area contributed by atoms with Crippen LogP contribution >= 0.6 is 0 Å². The highest BCUT2D eigenvalue weighted by Gasteiger charge is 2.32. The molecule has 0 spiro atoms. The van der Waals surface area contributed by atoms with E-state index in [-0.39, 0.29) is 36.5 Å². The highest BCUT2D eigenvalue weighted by Crippen LogP contribution is 2.30. The Morgan fingerprint density at radius 1 is 0.967 bits per heavy atom. The first-order valence-corrected chi connectivity index (χ1v) is 9.82. The number of carbonyl (C=O) groups is 3. The van der Waals surface area contributed by atoms with E-state index in [0.717, 1.165) is 5.39 Å². The van der Waals surface area contributed by atoms with Gasteiger partial charge in [-0.2, -0.15) is 0 Å². The second kappa shape index (κ2) is 8.06. The molecule has 3 aromatic rings. The Kier molecular flexibility index (Phi) is 5.31. The van der Waals surface area contributed by atoms with Crippen molar-refractivity contribution in [1.82, 2.24) is 9.80 Å². The third-order valence-electron chi connectivity index (χ3n) is 5.36. The monoisotopic (exact) mass is 404 g/mol. The zero-order valence-corrected chi connectivity index (χ0v) is 16.6. The molecule has 152 valence electrons. The van der Waals surface area contributed by atoms with Crippen molar-refractivity contribution in [3.05, 3.63) is 83.2 Å². The molecule has 0 unspecified atom stereocenters. The van der Waals surface area contributed by atoms with Crippen LogP contribution in [-0.2, 0) is 11.3 Å². The van der Waals surface area contributed by atoms with Crippen molar-refractivity contribution < 1.29 is 18.8 Å². The van der Waals surface area contributed by atoms with Crippen molar-refractivity contribution in [2.24, 2.45) is 0 Å². The van der Waals surface area contributed by atoms with E-state index in [4.69, 9.17) is 0 Å². The van der Waals surface area contributed by atoms with Crippen LogP contribution in [0.25, 0.3) is 10.8 Å². The smallest absolute Gasteiger partial charge is 0.261 e. The van der Waals surface area contributed by atoms with Crippen LogP contribution in [0, 0.1) is 5.82 Å². The zero-order chi connectivity index (χ0) is 21.3. The van der Waals surface area contributed by atoms with Crippen LogP contribution in [-0.4, -0.2) is 41.1 Å². The summed E-state index contributed by atoms with van der Waals surface area (Å²) >= 11 is 0. The van der Waals surface area contributed by atoms with Crippen LogP contribution in [0.4, 0.5) is 4.39 Å². The number of imide groups is 1. The molecule has 0 N–H and O–H groups in total. The Balaban J connectivity index is 1.40. The normalized spacial score (nSPS) is 13.1. The van der Waals surface area contributed by atoms with Gasteiger partial charge in [0, 0.05) is 43.1 Å². The summed E-state index contributed by atoms with van der Waals surface area (Å²) in [5.41, 5.74) is 1.73. The summed E-state index contributed by atoms with van der Waals surface area (Å²) in [6.07, 6.45) is 0.552. The summed E-state index contributed by atoms with van der Waals surface area (Å²) in [6, 6.07) is 16.9. The van der Waals surface area contributed by atoms with Gasteiger partial charge in [-0.15, -0.1) is 0 Å². The molecule has 5 nitrogen and oxygen atoms in total. The van der Waals surface area contributed by atoms with Crippen molar-refractivity contribution in [3.8, 4) is 0 Å². The lowest BCUT2D eigenvalue weighted by Gasteiger charge is -2.27. The van der Waals surface area contributed by atoms with Crippen molar-refractivity contribution >= 4 is 28.5 Å². The molecule has 0 bridgehead atoms. The molecule has 4 rings (SSSR count). The molecule has 6 heteroatoms. The summed E-state index contributed by atoms with van der Waals surface area (Å²) < 4.78 is 13.3. The van der Waals surface area contributed by atoms with Crippen LogP contribution in [0.3, 0.4) is 0 Å². The SMILES string of the molecule is CN(Cc1cccc(F)c1)C(=O)CCCN1C(=O)c2cccc3cccc(c23)C1=O. The second-order valence-electron chi connectivity index (χ2n) is 7.45. The molecular weight excluding hydrogens is 383 g/mol. The lowest BCUT2D eigenvalue weighted by molar-refractivity contribution is -0.130. The van der Waals surface area contributed by atoms with Gasteiger partial charge in [0.05, 0.1) is 0 Å². The Hall–Kier alpha value is -3.54. The average Bonchev–Trinajstić information content (AvgIpc) is 2.74. The predicted octanol–water partition coefficient (Wildman–Crippen LogP) is 4.01. The van der Waals surface area contributed by atoms with Crippen molar-refractivity contribution in [2.75, 3.05) is 13.6 Å². The van der Waals surface area contributed by atoms with Crippen LogP contribution in [0.1, 0.15) is 39.1 Å². The van der Waals surface area contributed by atoms with Crippen LogP contribution in [0.5, 0.6) is 0 Å². The van der Waals surface area contributed by atoms with E-state index >= 15 is 0 Å². The van der Waals surface area contributed by atoms with Gasteiger partial charge in [0.1, 0.15) is 5.82 Å². The van der Waals surface area contributed by atoms with Gasteiger partial charge < -0.3 is 4.90 Å². The summed E-state index contributed by atoms with van der Waals surface area (Å²) in [7, 11) is 1.65. The zero-order valence-electron chi connectivity index (χ0n) is 16.6. The largest absolute Gasteiger partial charge is 0.341 e. The molecule has 0 radical (unpaired) electrons. The molecule has 1 aliphatic rings. The summed E-state index contributed by atoms with van der Waals surface area (Å²) in [5, 5.41) is 1.55. The summed E-state index contributed by atoms with van der Waals surface area (Å²) in [4.78, 5) is 40.9. The minimum Gasteiger partial charge on any atom is -0.341 e. The summed E-state index contributed by atoms with van der Waals surface area (Å²) in [5.74, 6) is -1.13. The molecule has 3 aromatic carbocycles. The first kappa shape index (κ1) is 19.8. The number of hydrogen-bond donors (Lipinski definition) is 0. The van der Waals surface area contributed by atoms with Gasteiger partial charge >= 0.3 is 0 Å². The molecule has 3 amide bonds. The van der Waals surface area contributed by atoms with E-state index in [9.17, 15) is 18.8 Å². The van der Waals surface area contributed by atoms with E-state index in [0.29, 0.717) is 35.0 Å². The molecule has 1 aliphatic heterocycles. The second-order valence-corrected chi connectivity index (χ2v) is 7.45. The Morgan fingerprint density at radius 2 is 1.60 bits per heavy atom. The van der Waals surface area contributed by atoms with Gasteiger partial charge in [0.15, 0.2) is 0 Å². The van der Waals surface area contributed by atoms with Crippen molar-refractivity contribution in [3.63, 3.8) is 0 Å². The fourth-order valence-corrected chi connectivity index (χ4v) is 3.86. The van der Waals surface area contributed by atoms with Gasteiger partial charge in [-0.1, -0.05) is 36.4 Å².